The lowest BCUT2D eigenvalue weighted by Crippen LogP contribution is -1.92. The lowest BCUT2D eigenvalue weighted by atomic mass is 10.1. The topological polar surface area (TPSA) is 42.4 Å². The van der Waals surface area contributed by atoms with E-state index in [0.29, 0.717) is 18.9 Å². The number of pyridine rings is 1. The van der Waals surface area contributed by atoms with Crippen LogP contribution in [0, 0.1) is 0 Å². The van der Waals surface area contributed by atoms with Crippen LogP contribution in [0.25, 0.3) is 0 Å². The van der Waals surface area contributed by atoms with E-state index in [2.05, 4.69) is 4.98 Å². The standard InChI is InChI=1S/C8H9NO2/c10-3-8-1-6-4-11-5-7(6)2-9-8/h1-2,10H,3-5H2. The molecule has 1 aromatic heterocycles. The van der Waals surface area contributed by atoms with Crippen LogP contribution in [0.15, 0.2) is 12.3 Å². The van der Waals surface area contributed by atoms with Crippen molar-refractivity contribution in [1.29, 1.82) is 0 Å². The summed E-state index contributed by atoms with van der Waals surface area (Å²) in [6.07, 6.45) is 1.77. The number of hydrogen-bond acceptors (Lipinski definition) is 3. The molecule has 11 heavy (non-hydrogen) atoms. The third-order valence-electron chi connectivity index (χ3n) is 1.82. The van der Waals surface area contributed by atoms with Crippen LogP contribution < -0.4 is 0 Å². The van der Waals surface area contributed by atoms with E-state index in [-0.39, 0.29) is 6.61 Å². The van der Waals surface area contributed by atoms with Gasteiger partial charge in [0.15, 0.2) is 0 Å². The Bertz CT molecular complexity index is 273. The molecule has 0 unspecified atom stereocenters. The number of aromatic nitrogens is 1. The number of fused-ring (bicyclic) bond motifs is 1. The first-order chi connectivity index (χ1) is 5.40. The van der Waals surface area contributed by atoms with E-state index in [0.717, 1.165) is 11.1 Å². The number of hydrogen-bond donors (Lipinski definition) is 1. The van der Waals surface area contributed by atoms with Crippen LogP contribution in [0.2, 0.25) is 0 Å². The largest absolute Gasteiger partial charge is 0.390 e. The highest BCUT2D eigenvalue weighted by Crippen LogP contribution is 2.18. The average molecular weight is 151 g/mol. The molecule has 1 aliphatic rings. The summed E-state index contributed by atoms with van der Waals surface area (Å²) in [5, 5.41) is 8.77. The second-order valence-corrected chi connectivity index (χ2v) is 2.60. The van der Waals surface area contributed by atoms with Gasteiger partial charge in [0.25, 0.3) is 0 Å². The molecular weight excluding hydrogens is 142 g/mol. The normalized spacial score (nSPS) is 15.0. The number of aliphatic hydroxyl groups is 1. The molecule has 3 heteroatoms. The van der Waals surface area contributed by atoms with Crippen LogP contribution in [0.4, 0.5) is 0 Å². The minimum Gasteiger partial charge on any atom is -0.390 e. The molecule has 0 bridgehead atoms. The molecule has 0 aliphatic carbocycles. The molecule has 0 fully saturated rings. The van der Waals surface area contributed by atoms with Crippen LogP contribution in [0.5, 0.6) is 0 Å². The molecular formula is C8H9NO2. The zero-order valence-electron chi connectivity index (χ0n) is 6.08. The summed E-state index contributed by atoms with van der Waals surface area (Å²) in [5.74, 6) is 0. The molecule has 2 heterocycles. The summed E-state index contributed by atoms with van der Waals surface area (Å²) in [7, 11) is 0. The summed E-state index contributed by atoms with van der Waals surface area (Å²) in [4.78, 5) is 4.04. The molecule has 3 nitrogen and oxygen atoms in total. The zero-order valence-corrected chi connectivity index (χ0v) is 6.08. The Morgan fingerprint density at radius 1 is 1.45 bits per heavy atom. The lowest BCUT2D eigenvalue weighted by Gasteiger charge is -1.97. The highest BCUT2D eigenvalue weighted by Gasteiger charge is 2.11. The SMILES string of the molecule is OCc1cc2c(cn1)COC2. The van der Waals surface area contributed by atoms with Crippen LogP contribution in [0.3, 0.4) is 0 Å². The van der Waals surface area contributed by atoms with Crippen LogP contribution in [-0.4, -0.2) is 10.1 Å². The smallest absolute Gasteiger partial charge is 0.0853 e. The van der Waals surface area contributed by atoms with Gasteiger partial charge in [0.1, 0.15) is 0 Å². The van der Waals surface area contributed by atoms with Gasteiger partial charge in [0.2, 0.25) is 0 Å². The predicted molar refractivity (Wildman–Crippen MR) is 38.7 cm³/mol. The fourth-order valence-corrected chi connectivity index (χ4v) is 1.20. The van der Waals surface area contributed by atoms with Crippen LogP contribution in [0.1, 0.15) is 16.8 Å². The van der Waals surface area contributed by atoms with Gasteiger partial charge in [0, 0.05) is 11.8 Å². The Hall–Kier alpha value is -0.930. The zero-order chi connectivity index (χ0) is 7.68. The van der Waals surface area contributed by atoms with Crippen LogP contribution >= 0.6 is 0 Å². The van der Waals surface area contributed by atoms with Gasteiger partial charge in [-0.1, -0.05) is 0 Å². The molecule has 1 aromatic rings. The Morgan fingerprint density at radius 3 is 3.09 bits per heavy atom. The van der Waals surface area contributed by atoms with Crippen molar-refractivity contribution in [1.82, 2.24) is 4.98 Å². The van der Waals surface area contributed by atoms with Gasteiger partial charge >= 0.3 is 0 Å². The Labute approximate surface area is 64.6 Å². The maximum absolute atomic E-state index is 8.77. The Kier molecular flexibility index (Phi) is 1.60. The second kappa shape index (κ2) is 2.60. The molecule has 0 radical (unpaired) electrons. The highest BCUT2D eigenvalue weighted by atomic mass is 16.5. The van der Waals surface area contributed by atoms with Gasteiger partial charge in [-0.15, -0.1) is 0 Å². The minimum atomic E-state index is 0.00722. The van der Waals surface area contributed by atoms with Gasteiger partial charge in [-0.25, -0.2) is 0 Å². The maximum Gasteiger partial charge on any atom is 0.0853 e. The maximum atomic E-state index is 8.77. The average Bonchev–Trinajstić information content (AvgIpc) is 2.50. The van der Waals surface area contributed by atoms with E-state index >= 15 is 0 Å². The third-order valence-corrected chi connectivity index (χ3v) is 1.82. The summed E-state index contributed by atoms with van der Waals surface area (Å²) in [6.45, 7) is 1.33. The summed E-state index contributed by atoms with van der Waals surface area (Å²) < 4.78 is 5.19. The molecule has 0 spiro atoms. The van der Waals surface area contributed by atoms with E-state index in [1.54, 1.807) is 6.20 Å². The van der Waals surface area contributed by atoms with E-state index in [1.807, 2.05) is 6.07 Å². The van der Waals surface area contributed by atoms with Crippen molar-refractivity contribution < 1.29 is 9.84 Å². The quantitative estimate of drug-likeness (QED) is 0.639. The highest BCUT2D eigenvalue weighted by molar-refractivity contribution is 5.27. The summed E-state index contributed by atoms with van der Waals surface area (Å²) in [6, 6.07) is 1.89. The molecule has 0 aromatic carbocycles. The molecule has 2 rings (SSSR count). The molecule has 0 saturated heterocycles. The summed E-state index contributed by atoms with van der Waals surface area (Å²) in [5.41, 5.74) is 3.01. The first-order valence-corrected chi connectivity index (χ1v) is 3.55. The van der Waals surface area contributed by atoms with Crippen molar-refractivity contribution in [2.45, 2.75) is 19.8 Å². The molecule has 1 aliphatic heterocycles. The Morgan fingerprint density at radius 2 is 2.27 bits per heavy atom. The molecule has 1 N–H and O–H groups in total. The van der Waals surface area contributed by atoms with E-state index in [9.17, 15) is 0 Å². The first-order valence-electron chi connectivity index (χ1n) is 3.55. The predicted octanol–water partition coefficient (Wildman–Crippen LogP) is 0.604. The summed E-state index contributed by atoms with van der Waals surface area (Å²) >= 11 is 0. The Balaban J connectivity index is 2.41. The van der Waals surface area contributed by atoms with Crippen molar-refractivity contribution in [3.05, 3.63) is 29.1 Å². The third kappa shape index (κ3) is 1.13. The number of ether oxygens (including phenoxy) is 1. The monoisotopic (exact) mass is 151 g/mol. The number of nitrogens with zero attached hydrogens (tertiary/aromatic N) is 1. The molecule has 0 atom stereocenters. The van der Waals surface area contributed by atoms with Crippen molar-refractivity contribution in [3.8, 4) is 0 Å². The van der Waals surface area contributed by atoms with Gasteiger partial charge in [-0.05, 0) is 11.6 Å². The lowest BCUT2D eigenvalue weighted by molar-refractivity contribution is 0.134. The van der Waals surface area contributed by atoms with E-state index in [4.69, 9.17) is 9.84 Å². The molecule has 0 saturated carbocycles. The number of aliphatic hydroxyl groups excluding tert-OH is 1. The fraction of sp³-hybridized carbons (Fsp3) is 0.375. The van der Waals surface area contributed by atoms with Gasteiger partial charge in [0.05, 0.1) is 25.5 Å². The van der Waals surface area contributed by atoms with Crippen LogP contribution in [-0.2, 0) is 24.6 Å². The first kappa shape index (κ1) is 6.76. The van der Waals surface area contributed by atoms with E-state index in [1.165, 1.54) is 0 Å². The van der Waals surface area contributed by atoms with Gasteiger partial charge < -0.3 is 9.84 Å². The second-order valence-electron chi connectivity index (χ2n) is 2.60. The van der Waals surface area contributed by atoms with Crippen molar-refractivity contribution in [3.63, 3.8) is 0 Å². The van der Waals surface area contributed by atoms with Crippen molar-refractivity contribution in [2.75, 3.05) is 0 Å². The van der Waals surface area contributed by atoms with Gasteiger partial charge in [-0.3, -0.25) is 4.98 Å². The van der Waals surface area contributed by atoms with Gasteiger partial charge in [-0.2, -0.15) is 0 Å². The minimum absolute atomic E-state index is 0.00722. The molecule has 58 valence electrons. The molecule has 0 amide bonds. The van der Waals surface area contributed by atoms with E-state index < -0.39 is 0 Å². The van der Waals surface area contributed by atoms with Crippen molar-refractivity contribution in [2.24, 2.45) is 0 Å². The fourth-order valence-electron chi connectivity index (χ4n) is 1.20. The number of rotatable bonds is 1. The van der Waals surface area contributed by atoms with Crippen molar-refractivity contribution >= 4 is 0 Å².